The van der Waals surface area contributed by atoms with E-state index in [0.717, 1.165) is 6.54 Å². The van der Waals surface area contributed by atoms with Crippen molar-refractivity contribution in [2.45, 2.75) is 38.3 Å². The van der Waals surface area contributed by atoms with Gasteiger partial charge in [0.2, 0.25) is 0 Å². The number of aryl methyl sites for hydroxylation is 1. The zero-order valence-electron chi connectivity index (χ0n) is 8.51. The molecule has 1 aliphatic carbocycles. The number of hydrogen-bond donors (Lipinski definition) is 1. The molecule has 1 heterocycles. The van der Waals surface area contributed by atoms with Crippen LogP contribution in [0.5, 0.6) is 0 Å². The summed E-state index contributed by atoms with van der Waals surface area (Å²) in [6, 6.07) is 4.27. The molecule has 0 radical (unpaired) electrons. The second-order valence-corrected chi connectivity index (χ2v) is 4.38. The molecule has 1 aromatic rings. The summed E-state index contributed by atoms with van der Waals surface area (Å²) in [6.07, 6.45) is 6.14. The maximum Gasteiger partial charge on any atom is 0.0363 e. The predicted molar refractivity (Wildman–Crippen MR) is 54.5 cm³/mol. The molecule has 0 unspecified atom stereocenters. The van der Waals surface area contributed by atoms with Crippen LogP contribution in [0.25, 0.3) is 0 Å². The van der Waals surface area contributed by atoms with Gasteiger partial charge in [0.25, 0.3) is 0 Å². The van der Waals surface area contributed by atoms with Crippen LogP contribution in [0.1, 0.15) is 31.9 Å². The van der Waals surface area contributed by atoms with Gasteiger partial charge in [-0.2, -0.15) is 0 Å². The number of nitrogens with zero attached hydrogens (tertiary/aromatic N) is 1. The summed E-state index contributed by atoms with van der Waals surface area (Å²) in [6.45, 7) is 3.32. The van der Waals surface area contributed by atoms with Crippen molar-refractivity contribution in [1.82, 2.24) is 9.88 Å². The van der Waals surface area contributed by atoms with Crippen LogP contribution < -0.4 is 5.32 Å². The van der Waals surface area contributed by atoms with E-state index in [1.807, 2.05) is 0 Å². The van der Waals surface area contributed by atoms with Gasteiger partial charge in [-0.05, 0) is 38.3 Å². The molecule has 0 aromatic carbocycles. The highest BCUT2D eigenvalue weighted by atomic mass is 15.0. The largest absolute Gasteiger partial charge is 0.353 e. The van der Waals surface area contributed by atoms with Crippen LogP contribution in [0.2, 0.25) is 0 Å². The fourth-order valence-corrected chi connectivity index (χ4v) is 1.87. The van der Waals surface area contributed by atoms with E-state index < -0.39 is 0 Å². The Morgan fingerprint density at radius 3 is 2.77 bits per heavy atom. The lowest BCUT2D eigenvalue weighted by molar-refractivity contribution is 0.205. The van der Waals surface area contributed by atoms with Crippen LogP contribution in [0.4, 0.5) is 0 Å². The Balaban J connectivity index is 1.89. The number of hydrogen-bond acceptors (Lipinski definition) is 1. The van der Waals surface area contributed by atoms with Crippen LogP contribution in [0.15, 0.2) is 18.3 Å². The Morgan fingerprint density at radius 1 is 1.54 bits per heavy atom. The second kappa shape index (κ2) is 3.18. The monoisotopic (exact) mass is 178 g/mol. The van der Waals surface area contributed by atoms with E-state index in [4.69, 9.17) is 0 Å². The van der Waals surface area contributed by atoms with Gasteiger partial charge in [0, 0.05) is 31.0 Å². The van der Waals surface area contributed by atoms with Gasteiger partial charge >= 0.3 is 0 Å². The summed E-state index contributed by atoms with van der Waals surface area (Å²) in [5.74, 6) is 0. The molecule has 2 nitrogen and oxygen atoms in total. The molecule has 0 aliphatic heterocycles. The average Bonchev–Trinajstić information content (AvgIpc) is 2.44. The molecule has 1 aromatic heterocycles. The van der Waals surface area contributed by atoms with Crippen molar-refractivity contribution in [3.05, 3.63) is 24.0 Å². The molecule has 1 fully saturated rings. The Hall–Kier alpha value is -0.760. The van der Waals surface area contributed by atoms with Crippen LogP contribution >= 0.6 is 0 Å². The first-order valence-electron chi connectivity index (χ1n) is 5.05. The van der Waals surface area contributed by atoms with Crippen LogP contribution in [-0.4, -0.2) is 10.1 Å². The molecule has 2 rings (SSSR count). The Morgan fingerprint density at radius 2 is 2.31 bits per heavy atom. The highest BCUT2D eigenvalue weighted by Crippen LogP contribution is 2.31. The van der Waals surface area contributed by atoms with Gasteiger partial charge in [-0.25, -0.2) is 0 Å². The summed E-state index contributed by atoms with van der Waals surface area (Å²) in [5, 5.41) is 3.62. The highest BCUT2D eigenvalue weighted by Gasteiger charge is 2.30. The molecule has 0 spiro atoms. The van der Waals surface area contributed by atoms with Crippen LogP contribution in [0, 0.1) is 0 Å². The van der Waals surface area contributed by atoms with Gasteiger partial charge in [-0.1, -0.05) is 0 Å². The predicted octanol–water partition coefficient (Wildman–Crippen LogP) is 2.06. The quantitative estimate of drug-likeness (QED) is 0.749. The third-order valence-corrected chi connectivity index (χ3v) is 3.20. The lowest BCUT2D eigenvalue weighted by atomic mass is 9.78. The summed E-state index contributed by atoms with van der Waals surface area (Å²) in [7, 11) is 2.10. The van der Waals surface area contributed by atoms with Crippen molar-refractivity contribution in [2.24, 2.45) is 7.05 Å². The molecule has 0 saturated heterocycles. The molecule has 13 heavy (non-hydrogen) atoms. The molecule has 1 N–H and O–H groups in total. The minimum absolute atomic E-state index is 0.421. The van der Waals surface area contributed by atoms with E-state index in [-0.39, 0.29) is 0 Å². The third kappa shape index (κ3) is 1.78. The average molecular weight is 178 g/mol. The standard InChI is InChI=1S/C11H18N2/c1-11(6-4-7-11)12-9-10-5-3-8-13(10)2/h3,5,8,12H,4,6-7,9H2,1-2H3. The first-order chi connectivity index (χ1) is 6.20. The molecular weight excluding hydrogens is 160 g/mol. The van der Waals surface area contributed by atoms with Crippen molar-refractivity contribution in [3.8, 4) is 0 Å². The molecular formula is C11H18N2. The number of rotatable bonds is 3. The van der Waals surface area contributed by atoms with E-state index >= 15 is 0 Å². The van der Waals surface area contributed by atoms with Crippen LogP contribution in [0.3, 0.4) is 0 Å². The molecule has 0 bridgehead atoms. The normalized spacial score (nSPS) is 19.8. The van der Waals surface area contributed by atoms with E-state index in [2.05, 4.69) is 42.2 Å². The summed E-state index contributed by atoms with van der Waals surface area (Å²) in [5.41, 5.74) is 1.79. The zero-order chi connectivity index (χ0) is 9.31. The minimum atomic E-state index is 0.421. The van der Waals surface area contributed by atoms with Crippen molar-refractivity contribution in [1.29, 1.82) is 0 Å². The van der Waals surface area contributed by atoms with Crippen molar-refractivity contribution in [2.75, 3.05) is 0 Å². The first-order valence-corrected chi connectivity index (χ1v) is 5.05. The SMILES string of the molecule is Cn1cccc1CNC1(C)CCC1. The fourth-order valence-electron chi connectivity index (χ4n) is 1.87. The highest BCUT2D eigenvalue weighted by molar-refractivity contribution is 5.07. The smallest absolute Gasteiger partial charge is 0.0363 e. The Bertz CT molecular complexity index is 284. The van der Waals surface area contributed by atoms with Gasteiger partial charge in [-0.15, -0.1) is 0 Å². The van der Waals surface area contributed by atoms with Gasteiger partial charge in [0.1, 0.15) is 0 Å². The van der Waals surface area contributed by atoms with E-state index in [9.17, 15) is 0 Å². The van der Waals surface area contributed by atoms with Crippen molar-refractivity contribution in [3.63, 3.8) is 0 Å². The fraction of sp³-hybridized carbons (Fsp3) is 0.636. The lowest BCUT2D eigenvalue weighted by Crippen LogP contribution is -2.47. The Kier molecular flexibility index (Phi) is 2.16. The minimum Gasteiger partial charge on any atom is -0.353 e. The Labute approximate surface area is 79.9 Å². The van der Waals surface area contributed by atoms with Crippen LogP contribution in [-0.2, 0) is 13.6 Å². The van der Waals surface area contributed by atoms with Crippen molar-refractivity contribution >= 4 is 0 Å². The number of nitrogens with one attached hydrogen (secondary N) is 1. The van der Waals surface area contributed by atoms with Gasteiger partial charge < -0.3 is 9.88 Å². The van der Waals surface area contributed by atoms with E-state index in [1.54, 1.807) is 0 Å². The molecule has 72 valence electrons. The molecule has 1 aliphatic rings. The van der Waals surface area contributed by atoms with Gasteiger partial charge in [0.15, 0.2) is 0 Å². The summed E-state index contributed by atoms with van der Waals surface area (Å²) in [4.78, 5) is 0. The first kappa shape index (κ1) is 8.82. The summed E-state index contributed by atoms with van der Waals surface area (Å²) < 4.78 is 2.18. The molecule has 0 atom stereocenters. The lowest BCUT2D eigenvalue weighted by Gasteiger charge is -2.39. The molecule has 1 saturated carbocycles. The molecule has 0 amide bonds. The van der Waals surface area contributed by atoms with Crippen molar-refractivity contribution < 1.29 is 0 Å². The van der Waals surface area contributed by atoms with Gasteiger partial charge in [-0.3, -0.25) is 0 Å². The second-order valence-electron chi connectivity index (χ2n) is 4.38. The zero-order valence-corrected chi connectivity index (χ0v) is 8.51. The van der Waals surface area contributed by atoms with Gasteiger partial charge in [0.05, 0.1) is 0 Å². The van der Waals surface area contributed by atoms with E-state index in [0.29, 0.717) is 5.54 Å². The maximum absolute atomic E-state index is 3.62. The topological polar surface area (TPSA) is 17.0 Å². The summed E-state index contributed by atoms with van der Waals surface area (Å²) >= 11 is 0. The maximum atomic E-state index is 3.62. The number of aromatic nitrogens is 1. The van der Waals surface area contributed by atoms with E-state index in [1.165, 1.54) is 25.0 Å². The molecule has 2 heteroatoms. The third-order valence-electron chi connectivity index (χ3n) is 3.20.